The van der Waals surface area contributed by atoms with Crippen LogP contribution in [-0.4, -0.2) is 6.29 Å². The van der Waals surface area contributed by atoms with E-state index in [-0.39, 0.29) is 0 Å². The van der Waals surface area contributed by atoms with Crippen LogP contribution in [0.15, 0.2) is 36.4 Å². The Morgan fingerprint density at radius 3 is 2.45 bits per heavy atom. The monoisotopic (exact) mass is 267 g/mol. The van der Waals surface area contributed by atoms with E-state index in [0.717, 1.165) is 24.2 Å². The highest BCUT2D eigenvalue weighted by molar-refractivity contribution is 5.64. The molecule has 0 N–H and O–H groups in total. The number of carbonyl (C=O) groups is 1. The van der Waals surface area contributed by atoms with E-state index in [1.165, 1.54) is 37.7 Å². The molecule has 0 aliphatic heterocycles. The van der Waals surface area contributed by atoms with Crippen molar-refractivity contribution in [1.82, 2.24) is 0 Å². The molecule has 104 valence electrons. The standard InChI is InChI=1S/C18H21NO/c19-14-16-7-11-18(12-8-16)17-9-5-15(6-10-17)4-2-1-3-13-20/h1,3,7-8,11-13,15,17H,2,4-6,9-10H2/b3-1+/t15-,17-. The molecule has 0 bridgehead atoms. The van der Waals surface area contributed by atoms with Crippen molar-refractivity contribution in [3.8, 4) is 6.07 Å². The number of allylic oxidation sites excluding steroid dienone is 2. The maximum Gasteiger partial charge on any atom is 0.142 e. The molecule has 0 aromatic heterocycles. The summed E-state index contributed by atoms with van der Waals surface area (Å²) < 4.78 is 0. The lowest BCUT2D eigenvalue weighted by Gasteiger charge is -2.28. The van der Waals surface area contributed by atoms with E-state index < -0.39 is 0 Å². The van der Waals surface area contributed by atoms with Crippen LogP contribution >= 0.6 is 0 Å². The van der Waals surface area contributed by atoms with Crippen LogP contribution in [0.1, 0.15) is 55.6 Å². The fourth-order valence-corrected chi connectivity index (χ4v) is 3.10. The van der Waals surface area contributed by atoms with Gasteiger partial charge in [-0.05, 0) is 74.1 Å². The molecule has 1 aliphatic carbocycles. The van der Waals surface area contributed by atoms with E-state index in [1.54, 1.807) is 6.08 Å². The van der Waals surface area contributed by atoms with Crippen LogP contribution in [0.2, 0.25) is 0 Å². The molecule has 2 heteroatoms. The summed E-state index contributed by atoms with van der Waals surface area (Å²) in [5, 5.41) is 8.82. The second kappa shape index (κ2) is 7.65. The SMILES string of the molecule is N#Cc1ccc([C@H]2CC[C@H](CC/C=C/C=O)CC2)cc1. The molecule has 1 saturated carbocycles. The molecule has 0 radical (unpaired) electrons. The summed E-state index contributed by atoms with van der Waals surface area (Å²) in [6.07, 6.45) is 11.7. The van der Waals surface area contributed by atoms with Crippen LogP contribution in [0.5, 0.6) is 0 Å². The summed E-state index contributed by atoms with van der Waals surface area (Å²) in [6.45, 7) is 0. The third-order valence-corrected chi connectivity index (χ3v) is 4.31. The lowest BCUT2D eigenvalue weighted by Crippen LogP contribution is -2.13. The Hall–Kier alpha value is -1.88. The number of rotatable bonds is 5. The molecule has 0 unspecified atom stereocenters. The molecule has 20 heavy (non-hydrogen) atoms. The quantitative estimate of drug-likeness (QED) is 0.587. The van der Waals surface area contributed by atoms with Crippen molar-refractivity contribution in [3.05, 3.63) is 47.5 Å². The second-order valence-corrected chi connectivity index (χ2v) is 5.59. The largest absolute Gasteiger partial charge is 0.299 e. The Bertz CT molecular complexity index is 487. The Labute approximate surface area is 121 Å². The maximum absolute atomic E-state index is 10.2. The van der Waals surface area contributed by atoms with E-state index >= 15 is 0 Å². The van der Waals surface area contributed by atoms with Crippen molar-refractivity contribution in [1.29, 1.82) is 5.26 Å². The van der Waals surface area contributed by atoms with E-state index in [0.29, 0.717) is 5.92 Å². The first-order valence-corrected chi connectivity index (χ1v) is 7.44. The number of nitrogens with zero attached hydrogens (tertiary/aromatic N) is 1. The minimum Gasteiger partial charge on any atom is -0.299 e. The van der Waals surface area contributed by atoms with Crippen LogP contribution in [0, 0.1) is 17.2 Å². The number of hydrogen-bond donors (Lipinski definition) is 0. The zero-order valence-corrected chi connectivity index (χ0v) is 11.8. The van der Waals surface area contributed by atoms with Gasteiger partial charge in [-0.3, -0.25) is 4.79 Å². The highest BCUT2D eigenvalue weighted by Gasteiger charge is 2.21. The van der Waals surface area contributed by atoms with Crippen molar-refractivity contribution in [2.24, 2.45) is 5.92 Å². The summed E-state index contributed by atoms with van der Waals surface area (Å²) in [6, 6.07) is 10.2. The summed E-state index contributed by atoms with van der Waals surface area (Å²) in [4.78, 5) is 10.2. The van der Waals surface area contributed by atoms with Gasteiger partial charge in [0.05, 0.1) is 11.6 Å². The summed E-state index contributed by atoms with van der Waals surface area (Å²) in [5.41, 5.74) is 2.12. The first-order chi connectivity index (χ1) is 9.83. The van der Waals surface area contributed by atoms with Crippen molar-refractivity contribution >= 4 is 6.29 Å². The number of benzene rings is 1. The fourth-order valence-electron chi connectivity index (χ4n) is 3.10. The molecule has 1 aromatic carbocycles. The molecule has 1 aromatic rings. The topological polar surface area (TPSA) is 40.9 Å². The zero-order valence-electron chi connectivity index (χ0n) is 11.8. The van der Waals surface area contributed by atoms with Crippen LogP contribution < -0.4 is 0 Å². The van der Waals surface area contributed by atoms with Gasteiger partial charge in [0.1, 0.15) is 6.29 Å². The summed E-state index contributed by atoms with van der Waals surface area (Å²) in [5.74, 6) is 1.46. The molecule has 0 atom stereocenters. The lowest BCUT2D eigenvalue weighted by atomic mass is 9.77. The minimum absolute atomic E-state index is 0.657. The van der Waals surface area contributed by atoms with E-state index in [2.05, 4.69) is 18.2 Å². The van der Waals surface area contributed by atoms with Crippen molar-refractivity contribution < 1.29 is 4.79 Å². The third-order valence-electron chi connectivity index (χ3n) is 4.31. The van der Waals surface area contributed by atoms with Gasteiger partial charge in [-0.15, -0.1) is 0 Å². The molecule has 2 nitrogen and oxygen atoms in total. The average molecular weight is 267 g/mol. The predicted molar refractivity (Wildman–Crippen MR) is 80.3 cm³/mol. The Kier molecular flexibility index (Phi) is 5.55. The van der Waals surface area contributed by atoms with Crippen LogP contribution in [0.4, 0.5) is 0 Å². The Morgan fingerprint density at radius 2 is 1.85 bits per heavy atom. The molecule has 2 rings (SSSR count). The molecule has 1 aliphatic rings. The van der Waals surface area contributed by atoms with Crippen LogP contribution in [0.25, 0.3) is 0 Å². The van der Waals surface area contributed by atoms with E-state index in [4.69, 9.17) is 5.26 Å². The van der Waals surface area contributed by atoms with Gasteiger partial charge >= 0.3 is 0 Å². The molecular weight excluding hydrogens is 246 g/mol. The van der Waals surface area contributed by atoms with Gasteiger partial charge in [-0.2, -0.15) is 5.26 Å². The van der Waals surface area contributed by atoms with Gasteiger partial charge in [0.15, 0.2) is 0 Å². The number of aldehydes is 1. The van der Waals surface area contributed by atoms with Gasteiger partial charge in [0.2, 0.25) is 0 Å². The zero-order chi connectivity index (χ0) is 14.2. The first-order valence-electron chi connectivity index (χ1n) is 7.44. The second-order valence-electron chi connectivity index (χ2n) is 5.59. The maximum atomic E-state index is 10.2. The highest BCUT2D eigenvalue weighted by atomic mass is 16.1. The van der Waals surface area contributed by atoms with Crippen molar-refractivity contribution in [2.45, 2.75) is 44.4 Å². The van der Waals surface area contributed by atoms with Crippen molar-refractivity contribution in [2.75, 3.05) is 0 Å². The van der Waals surface area contributed by atoms with Crippen LogP contribution in [-0.2, 0) is 4.79 Å². The molecule has 0 spiro atoms. The number of nitriles is 1. The Balaban J connectivity index is 1.80. The van der Waals surface area contributed by atoms with Crippen molar-refractivity contribution in [3.63, 3.8) is 0 Å². The van der Waals surface area contributed by atoms with Gasteiger partial charge in [-0.1, -0.05) is 18.2 Å². The van der Waals surface area contributed by atoms with E-state index in [9.17, 15) is 4.79 Å². The van der Waals surface area contributed by atoms with Gasteiger partial charge in [0, 0.05) is 0 Å². The minimum atomic E-state index is 0.657. The summed E-state index contributed by atoms with van der Waals surface area (Å²) in [7, 11) is 0. The van der Waals surface area contributed by atoms with Crippen LogP contribution in [0.3, 0.4) is 0 Å². The molecule has 1 fully saturated rings. The summed E-state index contributed by atoms with van der Waals surface area (Å²) >= 11 is 0. The highest BCUT2D eigenvalue weighted by Crippen LogP contribution is 2.37. The molecule has 0 saturated heterocycles. The van der Waals surface area contributed by atoms with Gasteiger partial charge in [0.25, 0.3) is 0 Å². The Morgan fingerprint density at radius 1 is 1.15 bits per heavy atom. The average Bonchev–Trinajstić information content (AvgIpc) is 2.52. The molecule has 0 amide bonds. The molecular formula is C18H21NO. The number of carbonyl (C=O) groups excluding carboxylic acids is 1. The fraction of sp³-hybridized carbons (Fsp3) is 0.444. The number of hydrogen-bond acceptors (Lipinski definition) is 2. The normalized spacial score (nSPS) is 22.6. The van der Waals surface area contributed by atoms with Gasteiger partial charge in [-0.25, -0.2) is 0 Å². The smallest absolute Gasteiger partial charge is 0.142 e. The predicted octanol–water partition coefficient (Wildman–Crippen LogP) is 4.37. The first kappa shape index (κ1) is 14.5. The third kappa shape index (κ3) is 4.06. The van der Waals surface area contributed by atoms with E-state index in [1.807, 2.05) is 18.2 Å². The lowest BCUT2D eigenvalue weighted by molar-refractivity contribution is -0.104. The molecule has 0 heterocycles. The van der Waals surface area contributed by atoms with Gasteiger partial charge < -0.3 is 0 Å².